The van der Waals surface area contributed by atoms with Gasteiger partial charge < -0.3 is 42.6 Å². The molecular weight excluding hydrogens is 384 g/mol. The molecule has 0 unspecified atom stereocenters. The van der Waals surface area contributed by atoms with Crippen LogP contribution in [0.15, 0.2) is 0 Å². The largest absolute Gasteiger partial charge is 0.376 e. The van der Waals surface area contributed by atoms with Gasteiger partial charge in [0.05, 0.1) is 12.2 Å². The molecule has 0 saturated carbocycles. The second-order valence-electron chi connectivity index (χ2n) is 7.20. The van der Waals surface area contributed by atoms with Gasteiger partial charge in [-0.1, -0.05) is 0 Å². The molecule has 2 fully saturated rings. The minimum absolute atomic E-state index is 0.260. The fourth-order valence-electron chi connectivity index (χ4n) is 4.21. The van der Waals surface area contributed by atoms with Gasteiger partial charge in [0.25, 0.3) is 0 Å². The fraction of sp³-hybridized carbons (Fsp3) is 1.00. The Kier molecular flexibility index (Phi) is 10.2. The van der Waals surface area contributed by atoms with Gasteiger partial charge in [-0.2, -0.15) is 0 Å². The van der Waals surface area contributed by atoms with Crippen molar-refractivity contribution in [3.63, 3.8) is 0 Å². The van der Waals surface area contributed by atoms with E-state index in [1.54, 1.807) is 28.4 Å². The smallest absolute Gasteiger partial charge is 0.189 e. The summed E-state index contributed by atoms with van der Waals surface area (Å²) in [6.07, 6.45) is -4.23. The average molecular weight is 423 g/mol. The first kappa shape index (κ1) is 24.9. The summed E-state index contributed by atoms with van der Waals surface area (Å²) < 4.78 is 52.9. The molecule has 0 aromatic heterocycles. The number of hydrogen-bond acceptors (Lipinski definition) is 9. The molecule has 172 valence electrons. The summed E-state index contributed by atoms with van der Waals surface area (Å²) in [5, 5.41) is 0. The lowest BCUT2D eigenvalue weighted by Crippen LogP contribution is -2.64. The van der Waals surface area contributed by atoms with E-state index in [4.69, 9.17) is 42.6 Å². The molecule has 0 aliphatic carbocycles. The van der Waals surface area contributed by atoms with E-state index in [1.165, 1.54) is 0 Å². The highest BCUT2D eigenvalue weighted by Crippen LogP contribution is 2.33. The monoisotopic (exact) mass is 422 g/mol. The van der Waals surface area contributed by atoms with Crippen LogP contribution in [-0.4, -0.2) is 103 Å². The number of methoxy groups -OCH3 is 4. The molecule has 2 aliphatic heterocycles. The molecule has 9 heteroatoms. The molecule has 0 amide bonds. The first-order valence-electron chi connectivity index (χ1n) is 10.3. The van der Waals surface area contributed by atoms with Crippen LogP contribution in [-0.2, 0) is 42.6 Å². The maximum absolute atomic E-state index is 6.25. The van der Waals surface area contributed by atoms with E-state index in [2.05, 4.69) is 0 Å². The highest BCUT2D eigenvalue weighted by molar-refractivity contribution is 4.94. The van der Waals surface area contributed by atoms with Crippen LogP contribution in [0.2, 0.25) is 0 Å². The Hall–Kier alpha value is -0.360. The van der Waals surface area contributed by atoms with Gasteiger partial charge in [0.2, 0.25) is 0 Å². The van der Waals surface area contributed by atoms with Gasteiger partial charge in [0.1, 0.15) is 36.6 Å². The molecule has 10 atom stereocenters. The van der Waals surface area contributed by atoms with Crippen molar-refractivity contribution in [2.75, 3.05) is 41.7 Å². The Labute approximate surface area is 174 Å². The molecule has 29 heavy (non-hydrogen) atoms. The molecule has 0 aromatic carbocycles. The van der Waals surface area contributed by atoms with Gasteiger partial charge in [-0.25, -0.2) is 0 Å². The first-order chi connectivity index (χ1) is 14.0. The SMILES string of the molecule is CCO[C@@H]1[C@@H](OC)[C@H](C)O[C@@H](O[C@@H]2O[C@@H](C)[C@H](OC)[C@@H](OCC)[C@H]2OC)[C@@H]1OC. The minimum Gasteiger partial charge on any atom is -0.376 e. The van der Waals surface area contributed by atoms with Crippen LogP contribution in [0.1, 0.15) is 27.7 Å². The van der Waals surface area contributed by atoms with Crippen LogP contribution in [0, 0.1) is 0 Å². The van der Waals surface area contributed by atoms with E-state index in [0.717, 1.165) is 0 Å². The molecule has 2 heterocycles. The standard InChI is InChI=1S/C20H38O9/c1-9-25-15-13(21-5)11(3)27-19(17(15)23-7)29-20-18(24-8)16(26-10-2)14(22-6)12(4)28-20/h11-20H,9-10H2,1-8H3/t11-,12-,13-,14-,15+,16+,17+,18+,19-,20-/m0/s1. The summed E-state index contributed by atoms with van der Waals surface area (Å²) in [5.41, 5.74) is 0. The lowest BCUT2D eigenvalue weighted by Gasteiger charge is -2.48. The van der Waals surface area contributed by atoms with E-state index in [1.807, 2.05) is 27.7 Å². The zero-order valence-corrected chi connectivity index (χ0v) is 18.9. The van der Waals surface area contributed by atoms with E-state index in [-0.39, 0.29) is 36.6 Å². The van der Waals surface area contributed by atoms with Gasteiger partial charge >= 0.3 is 0 Å². The zero-order chi connectivity index (χ0) is 21.6. The Bertz CT molecular complexity index is 425. The highest BCUT2D eigenvalue weighted by atomic mass is 16.8. The van der Waals surface area contributed by atoms with Crippen LogP contribution >= 0.6 is 0 Å². The quantitative estimate of drug-likeness (QED) is 0.518. The summed E-state index contributed by atoms with van der Waals surface area (Å²) in [6, 6.07) is 0. The predicted octanol–water partition coefficient (Wildman–Crippen LogP) is 1.36. The molecule has 0 bridgehead atoms. The summed E-state index contributed by atoms with van der Waals surface area (Å²) >= 11 is 0. The van der Waals surface area contributed by atoms with Gasteiger partial charge in [0, 0.05) is 41.7 Å². The molecule has 2 saturated heterocycles. The predicted molar refractivity (Wildman–Crippen MR) is 104 cm³/mol. The van der Waals surface area contributed by atoms with Crippen molar-refractivity contribution in [2.24, 2.45) is 0 Å². The summed E-state index contributed by atoms with van der Waals surface area (Å²) in [5.74, 6) is 0. The second kappa shape index (κ2) is 11.9. The van der Waals surface area contributed by atoms with Crippen molar-refractivity contribution in [2.45, 2.75) is 89.1 Å². The number of ether oxygens (including phenoxy) is 9. The number of rotatable bonds is 10. The lowest BCUT2D eigenvalue weighted by atomic mass is 9.97. The minimum atomic E-state index is -0.728. The van der Waals surface area contributed by atoms with E-state index in [0.29, 0.717) is 13.2 Å². The molecule has 0 radical (unpaired) electrons. The van der Waals surface area contributed by atoms with E-state index in [9.17, 15) is 0 Å². The van der Waals surface area contributed by atoms with Crippen LogP contribution in [0.25, 0.3) is 0 Å². The van der Waals surface area contributed by atoms with Gasteiger partial charge in [-0.15, -0.1) is 0 Å². The van der Waals surface area contributed by atoms with Crippen LogP contribution in [0.3, 0.4) is 0 Å². The van der Waals surface area contributed by atoms with Gasteiger partial charge in [0.15, 0.2) is 12.6 Å². The molecule has 2 aliphatic rings. The van der Waals surface area contributed by atoms with Gasteiger partial charge in [-0.05, 0) is 27.7 Å². The third-order valence-corrected chi connectivity index (χ3v) is 5.53. The van der Waals surface area contributed by atoms with Crippen LogP contribution in [0.5, 0.6) is 0 Å². The summed E-state index contributed by atoms with van der Waals surface area (Å²) in [4.78, 5) is 0. The van der Waals surface area contributed by atoms with E-state index < -0.39 is 24.8 Å². The molecule has 0 aromatic rings. The molecular formula is C20H38O9. The van der Waals surface area contributed by atoms with E-state index >= 15 is 0 Å². The first-order valence-corrected chi connectivity index (χ1v) is 10.3. The summed E-state index contributed by atoms with van der Waals surface area (Å²) in [6.45, 7) is 8.74. The van der Waals surface area contributed by atoms with Crippen LogP contribution < -0.4 is 0 Å². The molecule has 9 nitrogen and oxygen atoms in total. The highest BCUT2D eigenvalue weighted by Gasteiger charge is 2.51. The topological polar surface area (TPSA) is 83.1 Å². The molecule has 0 spiro atoms. The van der Waals surface area contributed by atoms with Crippen molar-refractivity contribution < 1.29 is 42.6 Å². The molecule has 2 rings (SSSR count). The Morgan fingerprint density at radius 1 is 0.552 bits per heavy atom. The Balaban J connectivity index is 2.22. The lowest BCUT2D eigenvalue weighted by molar-refractivity contribution is -0.380. The van der Waals surface area contributed by atoms with Crippen molar-refractivity contribution in [3.05, 3.63) is 0 Å². The number of hydrogen-bond donors (Lipinski definition) is 0. The summed E-state index contributed by atoms with van der Waals surface area (Å²) in [7, 11) is 6.46. The fourth-order valence-corrected chi connectivity index (χ4v) is 4.21. The maximum Gasteiger partial charge on any atom is 0.189 e. The Morgan fingerprint density at radius 3 is 1.17 bits per heavy atom. The Morgan fingerprint density at radius 2 is 0.897 bits per heavy atom. The second-order valence-corrected chi connectivity index (χ2v) is 7.20. The van der Waals surface area contributed by atoms with Gasteiger partial charge in [-0.3, -0.25) is 0 Å². The third kappa shape index (κ3) is 5.47. The van der Waals surface area contributed by atoms with Crippen molar-refractivity contribution in [1.82, 2.24) is 0 Å². The van der Waals surface area contributed by atoms with Crippen molar-refractivity contribution >= 4 is 0 Å². The van der Waals surface area contributed by atoms with Crippen LogP contribution in [0.4, 0.5) is 0 Å². The van der Waals surface area contributed by atoms with Crippen molar-refractivity contribution in [3.8, 4) is 0 Å². The maximum atomic E-state index is 6.25. The average Bonchev–Trinajstić information content (AvgIpc) is 2.69. The normalized spacial score (nSPS) is 43.4. The zero-order valence-electron chi connectivity index (χ0n) is 18.9. The van der Waals surface area contributed by atoms with Crippen molar-refractivity contribution in [1.29, 1.82) is 0 Å². The molecule has 0 N–H and O–H groups in total. The third-order valence-electron chi connectivity index (χ3n) is 5.53.